The molecule has 2 rings (SSSR count). The van der Waals surface area contributed by atoms with E-state index in [2.05, 4.69) is 25.2 Å². The van der Waals surface area contributed by atoms with Gasteiger partial charge in [-0.15, -0.1) is 0 Å². The van der Waals surface area contributed by atoms with Crippen LogP contribution in [0.15, 0.2) is 18.2 Å². The second kappa shape index (κ2) is 6.38. The predicted octanol–water partition coefficient (Wildman–Crippen LogP) is 4.29. The number of ether oxygens (including phenoxy) is 1. The molecule has 1 aromatic rings. The highest BCUT2D eigenvalue weighted by molar-refractivity contribution is 5.61. The zero-order valence-corrected chi connectivity index (χ0v) is 13.1. The monoisotopic (exact) mass is 276 g/mol. The van der Waals surface area contributed by atoms with Crippen LogP contribution in [0.25, 0.3) is 0 Å². The van der Waals surface area contributed by atoms with Gasteiger partial charge >= 0.3 is 0 Å². The molecule has 20 heavy (non-hydrogen) atoms. The summed E-state index contributed by atoms with van der Waals surface area (Å²) in [5.74, 6) is 2.36. The summed E-state index contributed by atoms with van der Waals surface area (Å²) in [6.07, 6.45) is 4.01. The van der Waals surface area contributed by atoms with E-state index in [1.54, 1.807) is 0 Å². The van der Waals surface area contributed by atoms with Crippen LogP contribution in [0.5, 0.6) is 5.75 Å². The molecule has 0 heterocycles. The molecular weight excluding hydrogens is 248 g/mol. The number of anilines is 2. The number of nitrogen functional groups attached to an aromatic ring is 1. The smallest absolute Gasteiger partial charge is 0.144 e. The first-order valence-corrected chi connectivity index (χ1v) is 7.84. The molecule has 3 atom stereocenters. The highest BCUT2D eigenvalue weighted by Gasteiger charge is 2.31. The van der Waals surface area contributed by atoms with Crippen LogP contribution in [0.3, 0.4) is 0 Å². The summed E-state index contributed by atoms with van der Waals surface area (Å²) < 4.78 is 5.75. The van der Waals surface area contributed by atoms with Crippen molar-refractivity contribution in [3.05, 3.63) is 18.2 Å². The van der Waals surface area contributed by atoms with Gasteiger partial charge < -0.3 is 15.8 Å². The van der Waals surface area contributed by atoms with Crippen LogP contribution < -0.4 is 15.8 Å². The number of rotatable bonds is 5. The molecule has 3 nitrogen and oxygen atoms in total. The Morgan fingerprint density at radius 1 is 1.35 bits per heavy atom. The molecule has 0 amide bonds. The normalized spacial score (nSPS) is 25.9. The van der Waals surface area contributed by atoms with Gasteiger partial charge in [0, 0.05) is 17.8 Å². The molecule has 0 aliphatic heterocycles. The molecule has 1 aromatic carbocycles. The van der Waals surface area contributed by atoms with Gasteiger partial charge in [0.1, 0.15) is 5.75 Å². The highest BCUT2D eigenvalue weighted by Crippen LogP contribution is 2.36. The first-order valence-electron chi connectivity index (χ1n) is 7.84. The van der Waals surface area contributed by atoms with Crippen LogP contribution in [0, 0.1) is 11.8 Å². The molecule has 3 unspecified atom stereocenters. The van der Waals surface area contributed by atoms with Crippen LogP contribution in [0.4, 0.5) is 11.4 Å². The largest absolute Gasteiger partial charge is 0.489 e. The van der Waals surface area contributed by atoms with E-state index >= 15 is 0 Å². The van der Waals surface area contributed by atoms with Crippen molar-refractivity contribution in [3.8, 4) is 5.75 Å². The third-order valence-electron chi connectivity index (χ3n) is 4.48. The quantitative estimate of drug-likeness (QED) is 0.789. The van der Waals surface area contributed by atoms with Crippen LogP contribution in [0.2, 0.25) is 0 Å². The van der Waals surface area contributed by atoms with Gasteiger partial charge in [-0.25, -0.2) is 0 Å². The zero-order valence-electron chi connectivity index (χ0n) is 13.1. The van der Waals surface area contributed by atoms with E-state index in [1.807, 2.05) is 26.0 Å². The lowest BCUT2D eigenvalue weighted by Gasteiger charge is -2.23. The van der Waals surface area contributed by atoms with Crippen molar-refractivity contribution in [2.75, 3.05) is 11.1 Å². The van der Waals surface area contributed by atoms with E-state index in [1.165, 1.54) is 19.3 Å². The van der Waals surface area contributed by atoms with Crippen LogP contribution in [0.1, 0.15) is 47.0 Å². The molecule has 0 aromatic heterocycles. The average Bonchev–Trinajstić information content (AvgIpc) is 2.74. The third-order valence-corrected chi connectivity index (χ3v) is 4.48. The minimum atomic E-state index is 0.141. The van der Waals surface area contributed by atoms with E-state index in [4.69, 9.17) is 10.5 Å². The Morgan fingerprint density at radius 3 is 2.70 bits per heavy atom. The number of nitrogens with one attached hydrogen (secondary N) is 1. The Bertz CT molecular complexity index is 445. The predicted molar refractivity (Wildman–Crippen MR) is 86.2 cm³/mol. The summed E-state index contributed by atoms with van der Waals surface area (Å²) in [4.78, 5) is 0. The Hall–Kier alpha value is -1.38. The molecule has 1 saturated carbocycles. The van der Waals surface area contributed by atoms with Gasteiger partial charge in [0.05, 0.1) is 11.8 Å². The molecule has 1 fully saturated rings. The van der Waals surface area contributed by atoms with Gasteiger partial charge in [-0.05, 0) is 50.7 Å². The van der Waals surface area contributed by atoms with Crippen molar-refractivity contribution in [2.24, 2.45) is 11.8 Å². The van der Waals surface area contributed by atoms with Crippen molar-refractivity contribution >= 4 is 11.4 Å². The maximum absolute atomic E-state index is 5.96. The van der Waals surface area contributed by atoms with Crippen molar-refractivity contribution < 1.29 is 4.74 Å². The lowest BCUT2D eigenvalue weighted by Crippen LogP contribution is -2.24. The summed E-state index contributed by atoms with van der Waals surface area (Å²) >= 11 is 0. The van der Waals surface area contributed by atoms with Gasteiger partial charge in [-0.3, -0.25) is 0 Å². The summed E-state index contributed by atoms with van der Waals surface area (Å²) in [6, 6.07) is 6.57. The van der Waals surface area contributed by atoms with Gasteiger partial charge in [0.25, 0.3) is 0 Å². The molecule has 3 N–H and O–H groups in total. The van der Waals surface area contributed by atoms with Crippen molar-refractivity contribution in [3.63, 3.8) is 0 Å². The van der Waals surface area contributed by atoms with Gasteiger partial charge in [-0.1, -0.05) is 20.3 Å². The fourth-order valence-electron chi connectivity index (χ4n) is 3.22. The van der Waals surface area contributed by atoms with Gasteiger partial charge in [0.2, 0.25) is 0 Å². The van der Waals surface area contributed by atoms with Crippen LogP contribution in [-0.2, 0) is 0 Å². The summed E-state index contributed by atoms with van der Waals surface area (Å²) in [5, 5.41) is 3.66. The van der Waals surface area contributed by atoms with Crippen LogP contribution in [-0.4, -0.2) is 12.1 Å². The number of nitrogens with two attached hydrogens (primary N) is 1. The lowest BCUT2D eigenvalue weighted by molar-refractivity contribution is 0.244. The van der Waals surface area contributed by atoms with E-state index in [0.29, 0.717) is 11.7 Å². The fourth-order valence-corrected chi connectivity index (χ4v) is 3.22. The van der Waals surface area contributed by atoms with Crippen molar-refractivity contribution in [1.82, 2.24) is 0 Å². The van der Waals surface area contributed by atoms with Crippen LogP contribution >= 0.6 is 0 Å². The first-order chi connectivity index (χ1) is 9.51. The van der Waals surface area contributed by atoms with Crippen molar-refractivity contribution in [1.29, 1.82) is 0 Å². The maximum atomic E-state index is 5.96. The minimum Gasteiger partial charge on any atom is -0.489 e. The standard InChI is InChI=1S/C17H28N2O/c1-5-13-6-9-16(12(13)4)19-14-7-8-15(18)17(10-14)20-11(2)3/h7-8,10-13,16,19H,5-6,9,18H2,1-4H3. The average molecular weight is 276 g/mol. The van der Waals surface area contributed by atoms with Gasteiger partial charge in [0.15, 0.2) is 0 Å². The van der Waals surface area contributed by atoms with E-state index in [9.17, 15) is 0 Å². The first kappa shape index (κ1) is 15.0. The summed E-state index contributed by atoms with van der Waals surface area (Å²) in [5.41, 5.74) is 7.78. The number of benzene rings is 1. The second-order valence-corrected chi connectivity index (χ2v) is 6.27. The number of hydrogen-bond donors (Lipinski definition) is 2. The Balaban J connectivity index is 2.06. The molecule has 112 valence electrons. The molecule has 1 aliphatic carbocycles. The van der Waals surface area contributed by atoms with E-state index in [-0.39, 0.29) is 6.10 Å². The molecular formula is C17H28N2O. The molecule has 0 spiro atoms. The summed E-state index contributed by atoms with van der Waals surface area (Å²) in [6.45, 7) is 8.69. The van der Waals surface area contributed by atoms with E-state index < -0.39 is 0 Å². The fraction of sp³-hybridized carbons (Fsp3) is 0.647. The molecule has 3 heteroatoms. The lowest BCUT2D eigenvalue weighted by atomic mass is 9.93. The van der Waals surface area contributed by atoms with Gasteiger partial charge in [-0.2, -0.15) is 0 Å². The second-order valence-electron chi connectivity index (χ2n) is 6.27. The van der Waals surface area contributed by atoms with E-state index in [0.717, 1.165) is 23.3 Å². The SMILES string of the molecule is CCC1CCC(Nc2ccc(N)c(OC(C)C)c2)C1C. The maximum Gasteiger partial charge on any atom is 0.144 e. The topological polar surface area (TPSA) is 47.3 Å². The molecule has 0 bridgehead atoms. The third kappa shape index (κ3) is 3.38. The Morgan fingerprint density at radius 2 is 2.10 bits per heavy atom. The Labute approximate surface area is 122 Å². The zero-order chi connectivity index (χ0) is 14.7. The minimum absolute atomic E-state index is 0.141. The molecule has 0 saturated heterocycles. The summed E-state index contributed by atoms with van der Waals surface area (Å²) in [7, 11) is 0. The Kier molecular flexibility index (Phi) is 4.79. The molecule has 0 radical (unpaired) electrons. The number of hydrogen-bond acceptors (Lipinski definition) is 3. The highest BCUT2D eigenvalue weighted by atomic mass is 16.5. The molecule has 1 aliphatic rings. The van der Waals surface area contributed by atoms with Crippen molar-refractivity contribution in [2.45, 2.75) is 59.1 Å².